The molecule has 0 aromatic heterocycles. The Balaban J connectivity index is 3.18. The van der Waals surface area contributed by atoms with Crippen LogP contribution in [0.25, 0.3) is 6.08 Å². The van der Waals surface area contributed by atoms with E-state index in [-0.39, 0.29) is 22.9 Å². The van der Waals surface area contributed by atoms with Gasteiger partial charge < -0.3 is 25.2 Å². The highest BCUT2D eigenvalue weighted by Crippen LogP contribution is 2.31. The first-order valence-corrected chi connectivity index (χ1v) is 9.26. The molecule has 1 unspecified atom stereocenters. The predicted molar refractivity (Wildman–Crippen MR) is 111 cm³/mol. The second-order valence-corrected chi connectivity index (χ2v) is 7.94. The van der Waals surface area contributed by atoms with Gasteiger partial charge in [-0.2, -0.15) is 0 Å². The van der Waals surface area contributed by atoms with E-state index in [4.69, 9.17) is 9.47 Å². The third-order valence-corrected chi connectivity index (χ3v) is 3.80. The van der Waals surface area contributed by atoms with Crippen molar-refractivity contribution in [1.82, 2.24) is 5.32 Å². The summed E-state index contributed by atoms with van der Waals surface area (Å²) >= 11 is 0. The van der Waals surface area contributed by atoms with Gasteiger partial charge in [0.1, 0.15) is 23.0 Å². The van der Waals surface area contributed by atoms with Gasteiger partial charge in [-0.25, -0.2) is 9.59 Å². The van der Waals surface area contributed by atoms with Gasteiger partial charge in [0, 0.05) is 5.56 Å². The van der Waals surface area contributed by atoms with Crippen LogP contribution in [0, 0.1) is 5.92 Å². The molecule has 0 saturated carbocycles. The van der Waals surface area contributed by atoms with E-state index < -0.39 is 29.6 Å². The van der Waals surface area contributed by atoms with Crippen LogP contribution in [0.15, 0.2) is 18.7 Å². The number of carbonyl (C=O) groups is 3. The van der Waals surface area contributed by atoms with Crippen LogP contribution in [-0.2, 0) is 9.53 Å². The maximum Gasteiger partial charge on any atom is 0.408 e. The minimum atomic E-state index is -1.26. The summed E-state index contributed by atoms with van der Waals surface area (Å²) < 4.78 is 10.4. The molecule has 0 spiro atoms. The summed E-state index contributed by atoms with van der Waals surface area (Å²) in [5.41, 5.74) is -0.371. The standard InChI is InChI=1S/C21H30N2O6/c1-8-13-9-10-14(16(19(25)26)17(13)28-7)22-18(24)15(11-12(2)3)23-20(27)29-21(4,5)6/h8-10,12,15H,1,11H2,2-7H3,(H,22,24)(H,23,27)(H,25,26). The Kier molecular flexibility index (Phi) is 8.24. The predicted octanol–water partition coefficient (Wildman–Crippen LogP) is 3.91. The Morgan fingerprint density at radius 1 is 1.24 bits per heavy atom. The SMILES string of the molecule is C=Cc1ccc(NC(=O)C(CC(C)C)NC(=O)OC(C)(C)C)c(C(=O)O)c1OC. The summed E-state index contributed by atoms with van der Waals surface area (Å²) in [6.45, 7) is 12.6. The molecule has 0 radical (unpaired) electrons. The smallest absolute Gasteiger partial charge is 0.408 e. The lowest BCUT2D eigenvalue weighted by molar-refractivity contribution is -0.118. The van der Waals surface area contributed by atoms with Gasteiger partial charge in [0.15, 0.2) is 0 Å². The lowest BCUT2D eigenvalue weighted by Crippen LogP contribution is -2.46. The Hall–Kier alpha value is -3.03. The second kappa shape index (κ2) is 9.95. The fourth-order valence-corrected chi connectivity index (χ4v) is 2.67. The van der Waals surface area contributed by atoms with E-state index >= 15 is 0 Å². The Labute approximate surface area is 171 Å². The zero-order valence-corrected chi connectivity index (χ0v) is 17.8. The van der Waals surface area contributed by atoms with Crippen molar-refractivity contribution in [1.29, 1.82) is 0 Å². The molecule has 0 aliphatic carbocycles. The number of carbonyl (C=O) groups excluding carboxylic acids is 2. The van der Waals surface area contributed by atoms with Gasteiger partial charge in [-0.05, 0) is 45.2 Å². The first kappa shape index (κ1) is 24.0. The van der Waals surface area contributed by atoms with Crippen molar-refractivity contribution in [2.24, 2.45) is 5.92 Å². The molecule has 0 fully saturated rings. The molecule has 8 heteroatoms. The van der Waals surface area contributed by atoms with Crippen molar-refractivity contribution >= 4 is 29.7 Å². The summed E-state index contributed by atoms with van der Waals surface area (Å²) in [5, 5.41) is 14.8. The average molecular weight is 406 g/mol. The van der Waals surface area contributed by atoms with Crippen molar-refractivity contribution in [3.05, 3.63) is 29.8 Å². The normalized spacial score (nSPS) is 12.1. The quantitative estimate of drug-likeness (QED) is 0.603. The maximum absolute atomic E-state index is 12.8. The number of amides is 2. The summed E-state index contributed by atoms with van der Waals surface area (Å²) in [4.78, 5) is 36.7. The van der Waals surface area contributed by atoms with E-state index in [0.29, 0.717) is 12.0 Å². The topological polar surface area (TPSA) is 114 Å². The molecule has 0 saturated heterocycles. The van der Waals surface area contributed by atoms with Crippen molar-refractivity contribution in [2.75, 3.05) is 12.4 Å². The van der Waals surface area contributed by atoms with Gasteiger partial charge in [0.25, 0.3) is 0 Å². The molecule has 1 aromatic carbocycles. The maximum atomic E-state index is 12.8. The number of anilines is 1. The van der Waals surface area contributed by atoms with Crippen LogP contribution >= 0.6 is 0 Å². The highest BCUT2D eigenvalue weighted by Gasteiger charge is 2.27. The van der Waals surface area contributed by atoms with Crippen molar-refractivity contribution in [3.8, 4) is 5.75 Å². The number of carboxylic acids is 1. The monoisotopic (exact) mass is 406 g/mol. The van der Waals surface area contributed by atoms with E-state index in [1.165, 1.54) is 19.3 Å². The Morgan fingerprint density at radius 2 is 1.86 bits per heavy atom. The summed E-state index contributed by atoms with van der Waals surface area (Å²) in [6.07, 6.45) is 1.08. The second-order valence-electron chi connectivity index (χ2n) is 7.94. The van der Waals surface area contributed by atoms with Gasteiger partial charge in [-0.15, -0.1) is 0 Å². The number of hydrogen-bond donors (Lipinski definition) is 3. The minimum absolute atomic E-state index is 0.0599. The molecule has 0 heterocycles. The number of hydrogen-bond acceptors (Lipinski definition) is 5. The molecule has 0 aliphatic heterocycles. The number of alkyl carbamates (subject to hydrolysis) is 1. The van der Waals surface area contributed by atoms with Gasteiger partial charge in [0.2, 0.25) is 5.91 Å². The number of rotatable bonds is 8. The van der Waals surface area contributed by atoms with E-state index in [1.54, 1.807) is 26.8 Å². The van der Waals surface area contributed by atoms with E-state index in [2.05, 4.69) is 17.2 Å². The summed E-state index contributed by atoms with van der Waals surface area (Å²) in [5.74, 6) is -1.63. The number of nitrogens with one attached hydrogen (secondary N) is 2. The highest BCUT2D eigenvalue weighted by atomic mass is 16.6. The first-order chi connectivity index (χ1) is 13.4. The largest absolute Gasteiger partial charge is 0.495 e. The molecule has 160 valence electrons. The highest BCUT2D eigenvalue weighted by molar-refractivity contribution is 6.05. The Morgan fingerprint density at radius 3 is 2.31 bits per heavy atom. The van der Waals surface area contributed by atoms with Gasteiger partial charge in [-0.3, -0.25) is 4.79 Å². The summed E-state index contributed by atoms with van der Waals surface area (Å²) in [6, 6.07) is 2.14. The van der Waals surface area contributed by atoms with E-state index in [1.807, 2.05) is 13.8 Å². The molecular weight excluding hydrogens is 376 g/mol. The molecule has 1 rings (SSSR count). The lowest BCUT2D eigenvalue weighted by atomic mass is 10.0. The van der Waals surface area contributed by atoms with Crippen LogP contribution in [0.1, 0.15) is 57.0 Å². The molecule has 1 atom stereocenters. The van der Waals surface area contributed by atoms with Crippen molar-refractivity contribution < 1.29 is 29.0 Å². The molecule has 29 heavy (non-hydrogen) atoms. The van der Waals surface area contributed by atoms with Crippen LogP contribution in [0.4, 0.5) is 10.5 Å². The molecule has 1 aromatic rings. The molecule has 2 amide bonds. The van der Waals surface area contributed by atoms with Crippen LogP contribution in [0.5, 0.6) is 5.75 Å². The minimum Gasteiger partial charge on any atom is -0.495 e. The van der Waals surface area contributed by atoms with Crippen LogP contribution in [0.2, 0.25) is 0 Å². The number of ether oxygens (including phenoxy) is 2. The van der Waals surface area contributed by atoms with Crippen molar-refractivity contribution in [3.63, 3.8) is 0 Å². The van der Waals surface area contributed by atoms with Crippen molar-refractivity contribution in [2.45, 2.75) is 52.7 Å². The zero-order chi connectivity index (χ0) is 22.4. The molecular formula is C21H30N2O6. The molecule has 0 bridgehead atoms. The molecule has 3 N–H and O–H groups in total. The lowest BCUT2D eigenvalue weighted by Gasteiger charge is -2.24. The first-order valence-electron chi connectivity index (χ1n) is 9.26. The van der Waals surface area contributed by atoms with Crippen LogP contribution in [-0.4, -0.2) is 41.8 Å². The van der Waals surface area contributed by atoms with Crippen LogP contribution in [0.3, 0.4) is 0 Å². The molecule has 8 nitrogen and oxygen atoms in total. The van der Waals surface area contributed by atoms with E-state index in [0.717, 1.165) is 0 Å². The number of benzene rings is 1. The third kappa shape index (κ3) is 7.14. The van der Waals surface area contributed by atoms with Crippen LogP contribution < -0.4 is 15.4 Å². The number of methoxy groups -OCH3 is 1. The van der Waals surface area contributed by atoms with E-state index in [9.17, 15) is 19.5 Å². The fraction of sp³-hybridized carbons (Fsp3) is 0.476. The van der Waals surface area contributed by atoms with Gasteiger partial charge >= 0.3 is 12.1 Å². The zero-order valence-electron chi connectivity index (χ0n) is 17.8. The number of aromatic carboxylic acids is 1. The summed E-state index contributed by atoms with van der Waals surface area (Å²) in [7, 11) is 1.34. The average Bonchev–Trinajstić information content (AvgIpc) is 2.58. The van der Waals surface area contributed by atoms with Gasteiger partial charge in [0.05, 0.1) is 12.8 Å². The van der Waals surface area contributed by atoms with Gasteiger partial charge in [-0.1, -0.05) is 26.5 Å². The Bertz CT molecular complexity index is 780. The number of carboxylic acid groups (broad SMARTS) is 1. The third-order valence-electron chi connectivity index (χ3n) is 3.80. The fourth-order valence-electron chi connectivity index (χ4n) is 2.67. The molecule has 0 aliphatic rings.